The van der Waals surface area contributed by atoms with Crippen LogP contribution in [0.25, 0.3) is 17.3 Å². The van der Waals surface area contributed by atoms with Crippen molar-refractivity contribution >= 4 is 5.69 Å². The van der Waals surface area contributed by atoms with E-state index in [4.69, 9.17) is 4.42 Å². The van der Waals surface area contributed by atoms with Crippen LogP contribution in [0.4, 0.5) is 5.69 Å². The van der Waals surface area contributed by atoms with Gasteiger partial charge in [0.2, 0.25) is 0 Å². The molecule has 0 saturated carbocycles. The number of imidazole rings is 1. The van der Waals surface area contributed by atoms with Crippen molar-refractivity contribution in [1.82, 2.24) is 14.5 Å². The lowest BCUT2D eigenvalue weighted by atomic mass is 10.1. The maximum atomic E-state index is 13.2. The summed E-state index contributed by atoms with van der Waals surface area (Å²) in [6.07, 6.45) is 4.27. The molecule has 7 heteroatoms. The second-order valence-corrected chi connectivity index (χ2v) is 7.28. The molecule has 0 spiro atoms. The standard InChI is InChI=1S/C24H18N4O3/c29-24-20(14-17-8-10-18(27-30)11-9-17)26-23-19(13-16-5-2-1-3-6-16)25-21(15-28(23)24)22-7-4-12-31-22/h1-12,15,25H,13-14H2. The fourth-order valence-corrected chi connectivity index (χ4v) is 3.64. The summed E-state index contributed by atoms with van der Waals surface area (Å²) in [5.41, 5.74) is 4.12. The van der Waals surface area contributed by atoms with Gasteiger partial charge in [-0.15, -0.1) is 4.91 Å². The van der Waals surface area contributed by atoms with Crippen LogP contribution in [0.1, 0.15) is 22.5 Å². The van der Waals surface area contributed by atoms with E-state index in [0.29, 0.717) is 41.5 Å². The Balaban J connectivity index is 1.61. The number of hydrogen-bond acceptors (Lipinski definition) is 5. The van der Waals surface area contributed by atoms with E-state index in [-0.39, 0.29) is 5.56 Å². The maximum absolute atomic E-state index is 13.2. The number of aromatic nitrogens is 3. The van der Waals surface area contributed by atoms with Crippen LogP contribution in [-0.4, -0.2) is 14.5 Å². The average Bonchev–Trinajstić information content (AvgIpc) is 3.45. The molecule has 0 unspecified atom stereocenters. The van der Waals surface area contributed by atoms with E-state index in [1.54, 1.807) is 47.4 Å². The molecule has 7 nitrogen and oxygen atoms in total. The molecule has 0 aliphatic carbocycles. The van der Waals surface area contributed by atoms with Gasteiger partial charge in [-0.2, -0.15) is 0 Å². The third kappa shape index (κ3) is 3.69. The molecule has 0 saturated heterocycles. The summed E-state index contributed by atoms with van der Waals surface area (Å²) in [4.78, 5) is 31.9. The van der Waals surface area contributed by atoms with Crippen molar-refractivity contribution in [3.05, 3.63) is 117 Å². The van der Waals surface area contributed by atoms with E-state index in [1.807, 2.05) is 36.4 Å². The van der Waals surface area contributed by atoms with Crippen LogP contribution in [-0.2, 0) is 12.8 Å². The summed E-state index contributed by atoms with van der Waals surface area (Å²) in [5, 5.41) is 2.91. The van der Waals surface area contributed by atoms with E-state index in [2.05, 4.69) is 15.1 Å². The molecular formula is C24H18N4O3. The minimum absolute atomic E-state index is 0.177. The van der Waals surface area contributed by atoms with Crippen molar-refractivity contribution < 1.29 is 4.42 Å². The Labute approximate surface area is 177 Å². The first-order valence-electron chi connectivity index (χ1n) is 9.84. The van der Waals surface area contributed by atoms with Crippen molar-refractivity contribution in [3.63, 3.8) is 0 Å². The fourth-order valence-electron chi connectivity index (χ4n) is 3.64. The molecule has 0 fully saturated rings. The van der Waals surface area contributed by atoms with Crippen LogP contribution in [0.2, 0.25) is 0 Å². The second-order valence-electron chi connectivity index (χ2n) is 7.28. The number of hydrogen-bond donors (Lipinski definition) is 1. The molecular weight excluding hydrogens is 392 g/mol. The SMILES string of the molecule is O=Nc1ccc(Cc2nc3c(Cc4ccccc4)[nH]c(-c4ccco4)cn-3c2=O)cc1. The molecule has 2 aliphatic heterocycles. The Kier molecular flexibility index (Phi) is 4.76. The minimum atomic E-state index is -0.177. The van der Waals surface area contributed by atoms with Crippen LogP contribution in [0.15, 0.2) is 93.6 Å². The summed E-state index contributed by atoms with van der Waals surface area (Å²) in [7, 11) is 0. The molecule has 0 atom stereocenters. The first-order chi connectivity index (χ1) is 15.2. The molecule has 2 aromatic carbocycles. The summed E-state index contributed by atoms with van der Waals surface area (Å²) < 4.78 is 7.11. The van der Waals surface area contributed by atoms with Gasteiger partial charge in [0.15, 0.2) is 11.6 Å². The number of rotatable bonds is 6. The van der Waals surface area contributed by atoms with Gasteiger partial charge in [-0.05, 0) is 40.6 Å². The number of nitrogens with zero attached hydrogens (tertiary/aromatic N) is 3. The zero-order valence-corrected chi connectivity index (χ0v) is 16.5. The number of furan rings is 1. The number of fused-ring (bicyclic) bond motifs is 1. The quantitative estimate of drug-likeness (QED) is 0.406. The second kappa shape index (κ2) is 7.87. The highest BCUT2D eigenvalue weighted by molar-refractivity contribution is 5.54. The third-order valence-corrected chi connectivity index (χ3v) is 5.17. The number of aromatic amines is 1. The largest absolute Gasteiger partial charge is 0.463 e. The molecule has 31 heavy (non-hydrogen) atoms. The van der Waals surface area contributed by atoms with Crippen LogP contribution in [0, 0.1) is 4.91 Å². The Hall–Kier alpha value is -4.26. The number of nitrogens with one attached hydrogen (secondary N) is 1. The normalized spacial score (nSPS) is 11.1. The van der Waals surface area contributed by atoms with Crippen molar-refractivity contribution in [2.45, 2.75) is 12.8 Å². The molecule has 1 N–H and O–H groups in total. The Morgan fingerprint density at radius 2 is 1.71 bits per heavy atom. The average molecular weight is 410 g/mol. The zero-order valence-electron chi connectivity index (χ0n) is 16.5. The summed E-state index contributed by atoms with van der Waals surface area (Å²) in [6, 6.07) is 20.5. The van der Waals surface area contributed by atoms with Crippen molar-refractivity contribution in [2.24, 2.45) is 5.18 Å². The molecule has 3 heterocycles. The van der Waals surface area contributed by atoms with Crippen LogP contribution in [0.5, 0.6) is 0 Å². The summed E-state index contributed by atoms with van der Waals surface area (Å²) in [6.45, 7) is 0. The van der Waals surface area contributed by atoms with Gasteiger partial charge in [-0.1, -0.05) is 42.5 Å². The molecule has 0 radical (unpaired) electrons. The number of benzene rings is 2. The Morgan fingerprint density at radius 1 is 0.935 bits per heavy atom. The van der Waals surface area contributed by atoms with Crippen LogP contribution >= 0.6 is 0 Å². The maximum Gasteiger partial charge on any atom is 0.278 e. The first kappa shape index (κ1) is 18.7. The highest BCUT2D eigenvalue weighted by Crippen LogP contribution is 2.24. The van der Waals surface area contributed by atoms with Gasteiger partial charge in [0.1, 0.15) is 11.4 Å². The molecule has 3 aromatic rings. The number of nitroso groups, excluding NO2 is 1. The predicted octanol–water partition coefficient (Wildman–Crippen LogP) is 4.84. The molecule has 152 valence electrons. The van der Waals surface area contributed by atoms with Crippen molar-refractivity contribution in [3.8, 4) is 17.3 Å². The van der Waals surface area contributed by atoms with E-state index in [0.717, 1.165) is 16.8 Å². The zero-order chi connectivity index (χ0) is 21.2. The van der Waals surface area contributed by atoms with Gasteiger partial charge in [0, 0.05) is 19.0 Å². The van der Waals surface area contributed by atoms with E-state index >= 15 is 0 Å². The lowest BCUT2D eigenvalue weighted by molar-refractivity contribution is 0.578. The molecule has 5 rings (SSSR count). The lowest BCUT2D eigenvalue weighted by Gasteiger charge is -2.12. The van der Waals surface area contributed by atoms with Gasteiger partial charge in [0.05, 0.1) is 17.7 Å². The van der Waals surface area contributed by atoms with Crippen molar-refractivity contribution in [2.75, 3.05) is 0 Å². The predicted molar refractivity (Wildman–Crippen MR) is 117 cm³/mol. The van der Waals surface area contributed by atoms with Crippen LogP contribution in [0.3, 0.4) is 0 Å². The fraction of sp³-hybridized carbons (Fsp3) is 0.0833. The third-order valence-electron chi connectivity index (χ3n) is 5.17. The highest BCUT2D eigenvalue weighted by Gasteiger charge is 2.21. The smallest absolute Gasteiger partial charge is 0.278 e. The molecule has 0 amide bonds. The Bertz CT molecular complexity index is 1350. The lowest BCUT2D eigenvalue weighted by Crippen LogP contribution is -2.17. The van der Waals surface area contributed by atoms with Gasteiger partial charge in [-0.3, -0.25) is 9.36 Å². The first-order valence-corrected chi connectivity index (χ1v) is 9.84. The summed E-state index contributed by atoms with van der Waals surface area (Å²) >= 11 is 0. The van der Waals surface area contributed by atoms with E-state index < -0.39 is 0 Å². The Morgan fingerprint density at radius 3 is 2.42 bits per heavy atom. The molecule has 1 aromatic heterocycles. The van der Waals surface area contributed by atoms with E-state index in [1.165, 1.54) is 0 Å². The highest BCUT2D eigenvalue weighted by atomic mass is 16.3. The monoisotopic (exact) mass is 410 g/mol. The summed E-state index contributed by atoms with van der Waals surface area (Å²) in [5.74, 6) is 1.23. The van der Waals surface area contributed by atoms with Gasteiger partial charge in [-0.25, -0.2) is 4.98 Å². The minimum Gasteiger partial charge on any atom is -0.463 e. The molecule has 2 aliphatic rings. The van der Waals surface area contributed by atoms with Gasteiger partial charge in [0.25, 0.3) is 5.56 Å². The topological polar surface area (TPSA) is 93.2 Å². The number of H-pyrrole nitrogens is 1. The van der Waals surface area contributed by atoms with Crippen molar-refractivity contribution in [1.29, 1.82) is 0 Å². The molecule has 0 bridgehead atoms. The van der Waals surface area contributed by atoms with Crippen LogP contribution < -0.4 is 5.56 Å². The van der Waals surface area contributed by atoms with Gasteiger partial charge < -0.3 is 9.40 Å². The van der Waals surface area contributed by atoms with E-state index in [9.17, 15) is 9.70 Å². The van der Waals surface area contributed by atoms with Gasteiger partial charge >= 0.3 is 0 Å².